The Morgan fingerprint density at radius 2 is 2.07 bits per heavy atom. The molecule has 0 radical (unpaired) electrons. The zero-order chi connectivity index (χ0) is 19.1. The smallest absolute Gasteiger partial charge is 0.302 e. The second kappa shape index (κ2) is 6.87. The van der Waals surface area contributed by atoms with Crippen LogP contribution >= 0.6 is 15.9 Å². The van der Waals surface area contributed by atoms with E-state index in [2.05, 4.69) is 36.5 Å². The number of nitrogens with one attached hydrogen (secondary N) is 2. The van der Waals surface area contributed by atoms with E-state index in [-0.39, 0.29) is 5.78 Å². The van der Waals surface area contributed by atoms with Crippen molar-refractivity contribution in [3.63, 3.8) is 0 Å². The van der Waals surface area contributed by atoms with Crippen LogP contribution in [0.25, 0.3) is 11.1 Å². The summed E-state index contributed by atoms with van der Waals surface area (Å²) in [6, 6.07) is 11.2. The second-order valence-corrected chi connectivity index (χ2v) is 7.51. The lowest BCUT2D eigenvalue weighted by atomic mass is 9.87. The standard InChI is InChI=1S/C20H16BrN5O2/c21-11-5-4-10-22-17(11)18-16-13(7-3-8-14(16)27)23-19(25-18)26-20-24-12-6-1-2-9-15(12)28-20/h1-2,4-6,9-10,18H,3,7-8H2,(H2,23,24,25,26). The van der Waals surface area contributed by atoms with E-state index in [4.69, 9.17) is 9.41 Å². The van der Waals surface area contributed by atoms with Crippen molar-refractivity contribution in [3.8, 4) is 0 Å². The monoisotopic (exact) mass is 437 g/mol. The Hall–Kier alpha value is -3.00. The summed E-state index contributed by atoms with van der Waals surface area (Å²) in [7, 11) is 0. The number of pyridine rings is 1. The molecule has 3 heterocycles. The van der Waals surface area contributed by atoms with Crippen molar-refractivity contribution in [3.05, 3.63) is 64.0 Å². The van der Waals surface area contributed by atoms with Crippen LogP contribution in [0.15, 0.2) is 67.7 Å². The summed E-state index contributed by atoms with van der Waals surface area (Å²) in [5.41, 5.74) is 3.74. The number of anilines is 1. The maximum atomic E-state index is 12.6. The number of carbonyl (C=O) groups is 1. The van der Waals surface area contributed by atoms with Gasteiger partial charge in [0.15, 0.2) is 11.4 Å². The van der Waals surface area contributed by atoms with Gasteiger partial charge in [0.05, 0.1) is 5.69 Å². The fraction of sp³-hybridized carbons (Fsp3) is 0.200. The highest BCUT2D eigenvalue weighted by molar-refractivity contribution is 9.10. The van der Waals surface area contributed by atoms with Gasteiger partial charge in [-0.15, -0.1) is 0 Å². The first-order valence-corrected chi connectivity index (χ1v) is 9.82. The molecule has 0 saturated carbocycles. The van der Waals surface area contributed by atoms with Crippen molar-refractivity contribution in [1.82, 2.24) is 15.3 Å². The van der Waals surface area contributed by atoms with E-state index < -0.39 is 6.04 Å². The number of hydrogen-bond donors (Lipinski definition) is 2. The largest absolute Gasteiger partial charge is 0.423 e. The van der Waals surface area contributed by atoms with E-state index in [1.54, 1.807) is 6.20 Å². The van der Waals surface area contributed by atoms with Crippen LogP contribution in [0.3, 0.4) is 0 Å². The summed E-state index contributed by atoms with van der Waals surface area (Å²) in [4.78, 5) is 26.3. The molecule has 0 spiro atoms. The van der Waals surface area contributed by atoms with Gasteiger partial charge >= 0.3 is 6.01 Å². The van der Waals surface area contributed by atoms with Gasteiger partial charge in [0.2, 0.25) is 5.96 Å². The van der Waals surface area contributed by atoms with Gasteiger partial charge in [0.25, 0.3) is 0 Å². The zero-order valence-corrected chi connectivity index (χ0v) is 16.4. The van der Waals surface area contributed by atoms with E-state index in [1.165, 1.54) is 0 Å². The number of halogens is 1. The van der Waals surface area contributed by atoms with Gasteiger partial charge in [-0.3, -0.25) is 15.1 Å². The van der Waals surface area contributed by atoms with Crippen molar-refractivity contribution in [2.45, 2.75) is 25.3 Å². The van der Waals surface area contributed by atoms with Crippen LogP contribution < -0.4 is 10.6 Å². The van der Waals surface area contributed by atoms with E-state index >= 15 is 0 Å². The van der Waals surface area contributed by atoms with Crippen molar-refractivity contribution in [1.29, 1.82) is 0 Å². The summed E-state index contributed by atoms with van der Waals surface area (Å²) in [6.07, 6.45) is 3.84. The fourth-order valence-electron chi connectivity index (χ4n) is 3.57. The topological polar surface area (TPSA) is 92.4 Å². The quantitative estimate of drug-likeness (QED) is 0.626. The van der Waals surface area contributed by atoms with Crippen LogP contribution in [0.4, 0.5) is 6.01 Å². The van der Waals surface area contributed by atoms with Gasteiger partial charge in [0, 0.05) is 28.4 Å². The number of nitrogens with zero attached hydrogens (tertiary/aromatic N) is 3. The first kappa shape index (κ1) is 17.1. The van der Waals surface area contributed by atoms with Crippen LogP contribution in [0.5, 0.6) is 0 Å². The third-order valence-electron chi connectivity index (χ3n) is 4.82. The third-order valence-corrected chi connectivity index (χ3v) is 5.49. The van der Waals surface area contributed by atoms with E-state index in [0.717, 1.165) is 28.5 Å². The number of aliphatic imine (C=N–C) groups is 1. The molecule has 1 aliphatic heterocycles. The van der Waals surface area contributed by atoms with Crippen LogP contribution in [-0.4, -0.2) is 21.7 Å². The number of Topliss-reactive ketones (excluding diaryl/α,β-unsaturated/α-hetero) is 1. The SMILES string of the molecule is O=C1CCCC2=C1C(c1ncccc1Br)N=C(Nc1nc3ccccc3o1)N2. The Morgan fingerprint density at radius 3 is 2.93 bits per heavy atom. The molecule has 7 nitrogen and oxygen atoms in total. The summed E-state index contributed by atoms with van der Waals surface area (Å²) < 4.78 is 6.56. The van der Waals surface area contributed by atoms with Crippen molar-refractivity contribution in [2.24, 2.45) is 4.99 Å². The Morgan fingerprint density at radius 1 is 1.18 bits per heavy atom. The molecule has 0 bridgehead atoms. The number of rotatable bonds is 2. The molecule has 2 N–H and O–H groups in total. The lowest BCUT2D eigenvalue weighted by molar-refractivity contribution is -0.116. The molecule has 1 aliphatic carbocycles. The van der Waals surface area contributed by atoms with E-state index in [0.29, 0.717) is 35.2 Å². The number of allylic oxidation sites excluding steroid dienone is 1. The average Bonchev–Trinajstić information content (AvgIpc) is 3.10. The number of benzene rings is 1. The van der Waals surface area contributed by atoms with Crippen LogP contribution in [-0.2, 0) is 4.79 Å². The summed E-state index contributed by atoms with van der Waals surface area (Å²) in [6.45, 7) is 0. The Bertz CT molecular complexity index is 1120. The minimum absolute atomic E-state index is 0.112. The summed E-state index contributed by atoms with van der Waals surface area (Å²) in [5.74, 6) is 0.600. The number of carbonyl (C=O) groups excluding carboxylic acids is 1. The molecule has 8 heteroatoms. The maximum Gasteiger partial charge on any atom is 0.302 e. The molecule has 28 heavy (non-hydrogen) atoms. The normalized spacial score (nSPS) is 19.2. The van der Waals surface area contributed by atoms with Crippen LogP contribution in [0.2, 0.25) is 0 Å². The molecule has 0 saturated heterocycles. The molecule has 140 valence electrons. The van der Waals surface area contributed by atoms with Crippen molar-refractivity contribution < 1.29 is 9.21 Å². The van der Waals surface area contributed by atoms with Gasteiger partial charge in [0.1, 0.15) is 11.6 Å². The lowest BCUT2D eigenvalue weighted by Gasteiger charge is -2.30. The second-order valence-electron chi connectivity index (χ2n) is 6.66. The number of fused-ring (bicyclic) bond motifs is 1. The molecule has 1 aromatic carbocycles. The molecule has 0 fully saturated rings. The molecule has 3 aromatic rings. The van der Waals surface area contributed by atoms with Gasteiger partial charge < -0.3 is 9.73 Å². The number of aromatic nitrogens is 2. The average molecular weight is 438 g/mol. The molecule has 1 atom stereocenters. The van der Waals surface area contributed by atoms with Gasteiger partial charge in [-0.2, -0.15) is 4.98 Å². The third kappa shape index (κ3) is 2.99. The lowest BCUT2D eigenvalue weighted by Crippen LogP contribution is -2.38. The predicted octanol–water partition coefficient (Wildman–Crippen LogP) is 4.10. The molecular formula is C20H16BrN5O2. The highest BCUT2D eigenvalue weighted by atomic mass is 79.9. The van der Waals surface area contributed by atoms with Gasteiger partial charge in [-0.1, -0.05) is 12.1 Å². The highest BCUT2D eigenvalue weighted by Gasteiger charge is 2.34. The number of guanidine groups is 1. The predicted molar refractivity (Wildman–Crippen MR) is 109 cm³/mol. The first-order valence-electron chi connectivity index (χ1n) is 9.03. The van der Waals surface area contributed by atoms with Crippen LogP contribution in [0.1, 0.15) is 31.0 Å². The van der Waals surface area contributed by atoms with Crippen LogP contribution in [0, 0.1) is 0 Å². The van der Waals surface area contributed by atoms with Gasteiger partial charge in [-0.25, -0.2) is 4.99 Å². The number of hydrogen-bond acceptors (Lipinski definition) is 7. The maximum absolute atomic E-state index is 12.6. The Labute approximate surface area is 169 Å². The molecule has 2 aliphatic rings. The fourth-order valence-corrected chi connectivity index (χ4v) is 4.04. The molecular weight excluding hydrogens is 422 g/mol. The minimum Gasteiger partial charge on any atom is -0.423 e. The van der Waals surface area contributed by atoms with E-state index in [1.807, 2.05) is 36.4 Å². The molecule has 2 aromatic heterocycles. The molecule has 1 unspecified atom stereocenters. The van der Waals surface area contributed by atoms with Crippen molar-refractivity contribution >= 4 is 44.8 Å². The Balaban J connectivity index is 1.54. The summed E-state index contributed by atoms with van der Waals surface area (Å²) in [5, 5.41) is 6.36. The van der Waals surface area contributed by atoms with Crippen molar-refractivity contribution in [2.75, 3.05) is 5.32 Å². The molecule has 5 rings (SSSR count). The summed E-state index contributed by atoms with van der Waals surface area (Å²) >= 11 is 3.54. The minimum atomic E-state index is -0.480. The number of ketones is 1. The first-order chi connectivity index (χ1) is 13.7. The highest BCUT2D eigenvalue weighted by Crippen LogP contribution is 2.38. The number of oxazole rings is 1. The van der Waals surface area contributed by atoms with E-state index in [9.17, 15) is 4.79 Å². The number of para-hydroxylation sites is 2. The zero-order valence-electron chi connectivity index (χ0n) is 14.8. The van der Waals surface area contributed by atoms with Gasteiger partial charge in [-0.05, 0) is 53.0 Å². The molecule has 0 amide bonds. The Kier molecular flexibility index (Phi) is 4.20.